The van der Waals surface area contributed by atoms with Crippen molar-refractivity contribution < 1.29 is 24.2 Å². The smallest absolute Gasteiger partial charge is 0.304 e. The Hall–Kier alpha value is -5.02. The molecule has 0 aliphatic carbocycles. The Balaban J connectivity index is 0.000000171. The Bertz CT molecular complexity index is 2040. The molecule has 0 fully saturated rings. The Morgan fingerprint density at radius 2 is 1.09 bits per heavy atom. The summed E-state index contributed by atoms with van der Waals surface area (Å²) in [6, 6.07) is 56.2. The molecule has 3 heterocycles. The fourth-order valence-electron chi connectivity index (χ4n) is 4.75. The van der Waals surface area contributed by atoms with E-state index < -0.39 is 6.85 Å². The van der Waals surface area contributed by atoms with E-state index in [1.54, 1.807) is 18.2 Å². The van der Waals surface area contributed by atoms with E-state index in [2.05, 4.69) is 70.4 Å². The Kier molecular flexibility index (Phi) is 11.9. The summed E-state index contributed by atoms with van der Waals surface area (Å²) < 4.78 is 21.9. The maximum Gasteiger partial charge on any atom is 3.00 e. The Morgan fingerprint density at radius 1 is 0.574 bits per heavy atom. The van der Waals surface area contributed by atoms with E-state index in [4.69, 9.17) is 4.11 Å². The van der Waals surface area contributed by atoms with Crippen LogP contribution in [0.5, 0.6) is 0 Å². The van der Waals surface area contributed by atoms with Crippen LogP contribution in [0.4, 0.5) is 0 Å². The van der Waals surface area contributed by atoms with Gasteiger partial charge in [0.2, 0.25) is 0 Å². The molecule has 4 heteroatoms. The summed E-state index contributed by atoms with van der Waals surface area (Å²) >= 11 is 0. The molecule has 0 spiro atoms. The maximum atomic E-state index is 7.29. The summed E-state index contributed by atoms with van der Waals surface area (Å²) in [6.07, 6.45) is 2.97. The van der Waals surface area contributed by atoms with Gasteiger partial charge in [-0.15, -0.1) is 108 Å². The van der Waals surface area contributed by atoms with E-state index >= 15 is 0 Å². The largest absolute Gasteiger partial charge is 3.00 e. The van der Waals surface area contributed by atoms with E-state index in [0.717, 1.165) is 40.2 Å². The number of nitrogens with zero attached hydrogens (tertiary/aromatic N) is 3. The zero-order valence-corrected chi connectivity index (χ0v) is 28.7. The van der Waals surface area contributed by atoms with Crippen LogP contribution in [0.25, 0.3) is 44.9 Å². The minimum atomic E-state index is -2.16. The van der Waals surface area contributed by atoms with Gasteiger partial charge in [-0.25, -0.2) is 0 Å². The second-order valence-electron chi connectivity index (χ2n) is 10.3. The van der Waals surface area contributed by atoms with Gasteiger partial charge in [-0.05, 0) is 60.5 Å². The van der Waals surface area contributed by atoms with Crippen molar-refractivity contribution in [1.29, 1.82) is 0 Å². The fraction of sp³-hybridized carbons (Fsp3) is 0.0930. The van der Waals surface area contributed by atoms with Gasteiger partial charge in [0.25, 0.3) is 0 Å². The first-order chi connectivity index (χ1) is 23.8. The van der Waals surface area contributed by atoms with Crippen molar-refractivity contribution in [3.8, 4) is 44.9 Å². The molecular weight excluding hydrogens is 751 g/mol. The van der Waals surface area contributed by atoms with Gasteiger partial charge in [0.15, 0.2) is 0 Å². The first kappa shape index (κ1) is 30.6. The van der Waals surface area contributed by atoms with Crippen LogP contribution < -0.4 is 0 Å². The third-order valence-corrected chi connectivity index (χ3v) is 7.05. The predicted molar refractivity (Wildman–Crippen MR) is 190 cm³/mol. The molecule has 0 saturated heterocycles. The monoisotopic (exact) mass is 790 g/mol. The molecule has 0 aliphatic heterocycles. The van der Waals surface area contributed by atoms with E-state index in [9.17, 15) is 0 Å². The molecule has 232 valence electrons. The SMILES string of the molecule is CCc1cc(-c2[c-]cccc2)ncc1-c1ccccc1.Cc1cccc(-c2[c-]cccc2)n1.[2H]C([2H])([2H])c1cccc(-c2[c-]cccc2)n1.[Ir+3]. The number of aromatic nitrogens is 3. The molecule has 0 saturated carbocycles. The van der Waals surface area contributed by atoms with Crippen molar-refractivity contribution in [2.45, 2.75) is 27.1 Å². The van der Waals surface area contributed by atoms with E-state index in [-0.39, 0.29) is 25.8 Å². The summed E-state index contributed by atoms with van der Waals surface area (Å²) in [6.45, 7) is 2.01. The van der Waals surface area contributed by atoms with E-state index in [1.807, 2.05) is 104 Å². The normalized spacial score (nSPS) is 11.1. The second kappa shape index (κ2) is 18.2. The third kappa shape index (κ3) is 10.2. The number of pyridine rings is 3. The minimum Gasteiger partial charge on any atom is -0.304 e. The maximum absolute atomic E-state index is 7.29. The molecule has 0 aliphatic rings. The molecule has 4 aromatic carbocycles. The molecule has 0 unspecified atom stereocenters. The number of hydrogen-bond acceptors (Lipinski definition) is 3. The molecule has 47 heavy (non-hydrogen) atoms. The standard InChI is InChI=1S/C19H16N.2C12H10N.Ir/c1-2-15-13-19(17-11-7-4-8-12-17)20-14-18(15)16-9-5-3-6-10-16;2*1-10-6-5-9-12(13-10)11-7-3-2-4-8-11;/h3-11,13-14H,2H2,1H3;2*2-7,9H,1H3;/q3*-1;+3/i;1D3;;. The average Bonchev–Trinajstić information content (AvgIpc) is 3.16. The van der Waals surface area contributed by atoms with Gasteiger partial charge >= 0.3 is 20.1 Å². The van der Waals surface area contributed by atoms with Crippen LogP contribution in [0.1, 0.15) is 28.0 Å². The van der Waals surface area contributed by atoms with E-state index in [0.29, 0.717) is 5.69 Å². The first-order valence-electron chi connectivity index (χ1n) is 16.7. The van der Waals surface area contributed by atoms with Gasteiger partial charge < -0.3 is 15.0 Å². The quantitative estimate of drug-likeness (QED) is 0.163. The first-order valence-corrected chi connectivity index (χ1v) is 15.2. The zero-order valence-electron chi connectivity index (χ0n) is 29.3. The van der Waals surface area contributed by atoms with Gasteiger partial charge in [0.1, 0.15) is 0 Å². The van der Waals surface area contributed by atoms with Crippen molar-refractivity contribution in [2.75, 3.05) is 0 Å². The van der Waals surface area contributed by atoms with Crippen LogP contribution in [-0.2, 0) is 26.5 Å². The summed E-state index contributed by atoms with van der Waals surface area (Å²) in [4.78, 5) is 13.1. The van der Waals surface area contributed by atoms with Crippen LogP contribution in [0.15, 0.2) is 152 Å². The van der Waals surface area contributed by atoms with Crippen LogP contribution >= 0.6 is 0 Å². The summed E-state index contributed by atoms with van der Waals surface area (Å²) in [7, 11) is 0. The van der Waals surface area contributed by atoms with Gasteiger partial charge in [0, 0.05) is 27.3 Å². The second-order valence-corrected chi connectivity index (χ2v) is 10.3. The van der Waals surface area contributed by atoms with Gasteiger partial charge in [-0.3, -0.25) is 0 Å². The molecule has 0 bridgehead atoms. The van der Waals surface area contributed by atoms with Crippen molar-refractivity contribution >= 4 is 0 Å². The predicted octanol–water partition coefficient (Wildman–Crippen LogP) is 10.5. The molecule has 0 atom stereocenters. The van der Waals surface area contributed by atoms with Crippen LogP contribution in [0, 0.1) is 32.0 Å². The van der Waals surface area contributed by atoms with Crippen LogP contribution in [-0.4, -0.2) is 15.0 Å². The van der Waals surface area contributed by atoms with Gasteiger partial charge in [-0.2, -0.15) is 0 Å². The molecule has 3 nitrogen and oxygen atoms in total. The van der Waals surface area contributed by atoms with Crippen molar-refractivity contribution in [3.63, 3.8) is 0 Å². The summed E-state index contributed by atoms with van der Waals surface area (Å²) in [5.41, 5.74) is 10.4. The molecule has 0 N–H and O–H groups in total. The third-order valence-electron chi connectivity index (χ3n) is 7.05. The van der Waals surface area contributed by atoms with Crippen molar-refractivity contribution in [1.82, 2.24) is 15.0 Å². The molecular formula is C43H36IrN3. The summed E-state index contributed by atoms with van der Waals surface area (Å²) in [5, 5.41) is 0. The number of benzene rings is 4. The molecule has 7 aromatic rings. The summed E-state index contributed by atoms with van der Waals surface area (Å²) in [5.74, 6) is 0. The van der Waals surface area contributed by atoms with Gasteiger partial charge in [0.05, 0.1) is 0 Å². The molecule has 3 aromatic heterocycles. The number of aryl methyl sites for hydroxylation is 3. The zero-order chi connectivity index (χ0) is 34.5. The topological polar surface area (TPSA) is 38.7 Å². The molecule has 7 rings (SSSR count). The Morgan fingerprint density at radius 3 is 1.57 bits per heavy atom. The van der Waals surface area contributed by atoms with Gasteiger partial charge in [-0.1, -0.05) is 67.6 Å². The minimum absolute atomic E-state index is 0. The molecule has 0 amide bonds. The molecule has 0 radical (unpaired) electrons. The van der Waals surface area contributed by atoms with Crippen LogP contribution in [0.2, 0.25) is 0 Å². The Labute approximate surface area is 297 Å². The van der Waals surface area contributed by atoms with Crippen molar-refractivity contribution in [2.24, 2.45) is 0 Å². The number of hydrogen-bond donors (Lipinski definition) is 0. The van der Waals surface area contributed by atoms with E-state index in [1.165, 1.54) is 22.8 Å². The van der Waals surface area contributed by atoms with Crippen LogP contribution in [0.3, 0.4) is 0 Å². The fourth-order valence-corrected chi connectivity index (χ4v) is 4.75. The average molecular weight is 790 g/mol. The van der Waals surface area contributed by atoms with Crippen molar-refractivity contribution in [3.05, 3.63) is 187 Å². The number of rotatable bonds is 5.